The smallest absolute Gasteiger partial charge is 0.258 e. The SMILES string of the molecule is CCNC(C)c1csc(NC(=O)C(C)(CC)OC)n1. The molecule has 1 aromatic heterocycles. The largest absolute Gasteiger partial charge is 0.369 e. The monoisotopic (exact) mass is 285 g/mol. The maximum absolute atomic E-state index is 12.1. The Labute approximate surface area is 118 Å². The number of methoxy groups -OCH3 is 1. The number of nitrogens with zero attached hydrogens (tertiary/aromatic N) is 1. The molecule has 0 aliphatic rings. The van der Waals surface area contributed by atoms with E-state index in [2.05, 4.69) is 29.5 Å². The third-order valence-corrected chi connectivity index (χ3v) is 4.08. The molecule has 2 N–H and O–H groups in total. The summed E-state index contributed by atoms with van der Waals surface area (Å²) in [6.07, 6.45) is 0.612. The van der Waals surface area contributed by atoms with Gasteiger partial charge in [-0.1, -0.05) is 13.8 Å². The average Bonchev–Trinajstić information content (AvgIpc) is 2.86. The van der Waals surface area contributed by atoms with Crippen LogP contribution in [-0.2, 0) is 9.53 Å². The van der Waals surface area contributed by atoms with Crippen LogP contribution in [0.25, 0.3) is 0 Å². The Kier molecular flexibility index (Phi) is 5.90. The number of carbonyl (C=O) groups is 1. The van der Waals surface area contributed by atoms with Gasteiger partial charge in [0.1, 0.15) is 5.60 Å². The molecule has 0 bridgehead atoms. The minimum atomic E-state index is -0.806. The van der Waals surface area contributed by atoms with Crippen LogP contribution >= 0.6 is 11.3 Å². The van der Waals surface area contributed by atoms with Crippen LogP contribution in [0.1, 0.15) is 45.9 Å². The molecule has 0 aromatic carbocycles. The van der Waals surface area contributed by atoms with Gasteiger partial charge in [-0.3, -0.25) is 10.1 Å². The standard InChI is InChI=1S/C13H23N3O2S/c1-6-13(4,18-5)11(17)16-12-15-10(8-19-12)9(3)14-7-2/h8-9,14H,6-7H2,1-5H3,(H,15,16,17). The van der Waals surface area contributed by atoms with Gasteiger partial charge >= 0.3 is 0 Å². The number of hydrogen-bond donors (Lipinski definition) is 2. The van der Waals surface area contributed by atoms with E-state index < -0.39 is 5.60 Å². The molecule has 0 radical (unpaired) electrons. The lowest BCUT2D eigenvalue weighted by atomic mass is 10.0. The molecule has 2 unspecified atom stereocenters. The molecule has 0 aliphatic heterocycles. The van der Waals surface area contributed by atoms with Crippen molar-refractivity contribution in [3.8, 4) is 0 Å². The Hall–Kier alpha value is -0.980. The normalized spacial score (nSPS) is 15.8. The van der Waals surface area contributed by atoms with Crippen LogP contribution in [0, 0.1) is 0 Å². The summed E-state index contributed by atoms with van der Waals surface area (Å²) in [5.74, 6) is -0.158. The first-order chi connectivity index (χ1) is 8.96. The lowest BCUT2D eigenvalue weighted by Gasteiger charge is -2.24. The second-order valence-corrected chi connectivity index (χ2v) is 5.46. The topological polar surface area (TPSA) is 63.2 Å². The van der Waals surface area contributed by atoms with Crippen LogP contribution in [0.4, 0.5) is 5.13 Å². The van der Waals surface area contributed by atoms with Crippen molar-refractivity contribution in [1.29, 1.82) is 0 Å². The Morgan fingerprint density at radius 1 is 1.58 bits per heavy atom. The Bertz CT molecular complexity index is 416. The molecule has 0 spiro atoms. The Balaban J connectivity index is 2.71. The molecule has 0 saturated carbocycles. The third-order valence-electron chi connectivity index (χ3n) is 3.30. The lowest BCUT2D eigenvalue weighted by Crippen LogP contribution is -2.41. The molecule has 2 atom stereocenters. The highest BCUT2D eigenvalue weighted by Gasteiger charge is 2.31. The van der Waals surface area contributed by atoms with Gasteiger partial charge in [-0.15, -0.1) is 11.3 Å². The van der Waals surface area contributed by atoms with E-state index in [-0.39, 0.29) is 11.9 Å². The summed E-state index contributed by atoms with van der Waals surface area (Å²) < 4.78 is 5.27. The predicted octanol–water partition coefficient (Wildman–Crippen LogP) is 2.57. The number of nitrogens with one attached hydrogen (secondary N) is 2. The van der Waals surface area contributed by atoms with Gasteiger partial charge < -0.3 is 10.1 Å². The van der Waals surface area contributed by atoms with Crippen LogP contribution in [0.5, 0.6) is 0 Å². The zero-order valence-corrected chi connectivity index (χ0v) is 13.1. The molecule has 0 saturated heterocycles. The molecule has 1 rings (SSSR count). The van der Waals surface area contributed by atoms with Crippen molar-refractivity contribution < 1.29 is 9.53 Å². The van der Waals surface area contributed by atoms with E-state index in [9.17, 15) is 4.79 Å². The zero-order valence-electron chi connectivity index (χ0n) is 12.2. The summed E-state index contributed by atoms with van der Waals surface area (Å²) in [6, 6.07) is 0.187. The number of ether oxygens (including phenoxy) is 1. The molecule has 0 fully saturated rings. The highest BCUT2D eigenvalue weighted by Crippen LogP contribution is 2.23. The van der Waals surface area contributed by atoms with E-state index in [0.29, 0.717) is 11.6 Å². The fourth-order valence-corrected chi connectivity index (χ4v) is 2.38. The van der Waals surface area contributed by atoms with Crippen molar-refractivity contribution in [1.82, 2.24) is 10.3 Å². The molecule has 108 valence electrons. The van der Waals surface area contributed by atoms with Gasteiger partial charge in [0.15, 0.2) is 5.13 Å². The van der Waals surface area contributed by atoms with Crippen molar-refractivity contribution in [3.05, 3.63) is 11.1 Å². The van der Waals surface area contributed by atoms with Gasteiger partial charge in [0.2, 0.25) is 0 Å². The zero-order chi connectivity index (χ0) is 14.5. The first kappa shape index (κ1) is 16.1. The van der Waals surface area contributed by atoms with E-state index in [1.807, 2.05) is 12.3 Å². The first-order valence-corrected chi connectivity index (χ1v) is 7.40. The van der Waals surface area contributed by atoms with Crippen molar-refractivity contribution in [2.45, 2.75) is 45.8 Å². The van der Waals surface area contributed by atoms with Gasteiger partial charge in [-0.2, -0.15) is 0 Å². The quantitative estimate of drug-likeness (QED) is 0.808. The molecule has 5 nitrogen and oxygen atoms in total. The number of rotatable bonds is 7. The van der Waals surface area contributed by atoms with Gasteiger partial charge in [-0.05, 0) is 26.8 Å². The van der Waals surface area contributed by atoms with E-state index in [1.165, 1.54) is 11.3 Å². The molecule has 19 heavy (non-hydrogen) atoms. The van der Waals surface area contributed by atoms with E-state index in [4.69, 9.17) is 4.74 Å². The molecule has 1 heterocycles. The second kappa shape index (κ2) is 6.98. The van der Waals surface area contributed by atoms with Crippen LogP contribution in [-0.4, -0.2) is 30.1 Å². The average molecular weight is 285 g/mol. The predicted molar refractivity (Wildman–Crippen MR) is 78.5 cm³/mol. The summed E-state index contributed by atoms with van der Waals surface area (Å²) in [5, 5.41) is 8.68. The Morgan fingerprint density at radius 3 is 2.79 bits per heavy atom. The Morgan fingerprint density at radius 2 is 2.26 bits per heavy atom. The highest BCUT2D eigenvalue weighted by molar-refractivity contribution is 7.13. The van der Waals surface area contributed by atoms with Gasteiger partial charge in [-0.25, -0.2) is 4.98 Å². The number of thiazole rings is 1. The van der Waals surface area contributed by atoms with E-state index >= 15 is 0 Å². The molecule has 1 amide bonds. The lowest BCUT2D eigenvalue weighted by molar-refractivity contribution is -0.136. The van der Waals surface area contributed by atoms with Crippen LogP contribution in [0.15, 0.2) is 5.38 Å². The van der Waals surface area contributed by atoms with Crippen molar-refractivity contribution in [2.24, 2.45) is 0 Å². The van der Waals surface area contributed by atoms with E-state index in [1.54, 1.807) is 14.0 Å². The minimum absolute atomic E-state index is 0.158. The molecule has 1 aromatic rings. The van der Waals surface area contributed by atoms with Crippen LogP contribution in [0.3, 0.4) is 0 Å². The number of anilines is 1. The fraction of sp³-hybridized carbons (Fsp3) is 0.692. The summed E-state index contributed by atoms with van der Waals surface area (Å²) >= 11 is 1.43. The van der Waals surface area contributed by atoms with Crippen molar-refractivity contribution in [2.75, 3.05) is 19.0 Å². The number of hydrogen-bond acceptors (Lipinski definition) is 5. The van der Waals surface area contributed by atoms with Crippen LogP contribution in [0.2, 0.25) is 0 Å². The summed E-state index contributed by atoms with van der Waals surface area (Å²) in [7, 11) is 1.55. The maximum Gasteiger partial charge on any atom is 0.258 e. The van der Waals surface area contributed by atoms with Gasteiger partial charge in [0.05, 0.1) is 5.69 Å². The fourth-order valence-electron chi connectivity index (χ4n) is 1.58. The maximum atomic E-state index is 12.1. The van der Waals surface area contributed by atoms with Gasteiger partial charge in [0, 0.05) is 18.5 Å². The molecular weight excluding hydrogens is 262 g/mol. The molecular formula is C13H23N3O2S. The van der Waals surface area contributed by atoms with Crippen molar-refractivity contribution >= 4 is 22.4 Å². The highest BCUT2D eigenvalue weighted by atomic mass is 32.1. The summed E-state index contributed by atoms with van der Waals surface area (Å²) in [5.41, 5.74) is 0.136. The molecule has 6 heteroatoms. The number of carbonyl (C=O) groups excluding carboxylic acids is 1. The first-order valence-electron chi connectivity index (χ1n) is 6.52. The van der Waals surface area contributed by atoms with E-state index in [0.717, 1.165) is 12.2 Å². The number of amides is 1. The van der Waals surface area contributed by atoms with Gasteiger partial charge in [0.25, 0.3) is 5.91 Å². The number of aromatic nitrogens is 1. The minimum Gasteiger partial charge on any atom is -0.369 e. The van der Waals surface area contributed by atoms with Crippen molar-refractivity contribution in [3.63, 3.8) is 0 Å². The van der Waals surface area contributed by atoms with Crippen LogP contribution < -0.4 is 10.6 Å². The summed E-state index contributed by atoms with van der Waals surface area (Å²) in [6.45, 7) is 8.69. The summed E-state index contributed by atoms with van der Waals surface area (Å²) in [4.78, 5) is 16.5. The molecule has 0 aliphatic carbocycles. The second-order valence-electron chi connectivity index (χ2n) is 4.60. The third kappa shape index (κ3) is 3.99.